The first-order valence-corrected chi connectivity index (χ1v) is 11.9. The van der Waals surface area contributed by atoms with Gasteiger partial charge in [0.15, 0.2) is 0 Å². The second-order valence-corrected chi connectivity index (χ2v) is 10.1. The third-order valence-electron chi connectivity index (χ3n) is 7.00. The summed E-state index contributed by atoms with van der Waals surface area (Å²) in [7, 11) is 0. The van der Waals surface area contributed by atoms with E-state index in [4.69, 9.17) is 33.9 Å². The van der Waals surface area contributed by atoms with Crippen molar-refractivity contribution in [2.45, 2.75) is 37.1 Å². The van der Waals surface area contributed by atoms with Crippen LogP contribution < -0.4 is 16.2 Å². The van der Waals surface area contributed by atoms with Gasteiger partial charge in [-0.3, -0.25) is 9.36 Å². The summed E-state index contributed by atoms with van der Waals surface area (Å²) < 4.78 is 1.50. The third-order valence-corrected chi connectivity index (χ3v) is 8.08. The van der Waals surface area contributed by atoms with Crippen molar-refractivity contribution < 1.29 is 0 Å². The van der Waals surface area contributed by atoms with E-state index in [9.17, 15) is 4.79 Å². The molecule has 1 saturated heterocycles. The first-order valence-electron chi connectivity index (χ1n) is 10.7. The molecule has 5 rings (SSSR count). The van der Waals surface area contributed by atoms with Crippen molar-refractivity contribution in [3.8, 4) is 5.69 Å². The van der Waals surface area contributed by atoms with Crippen molar-refractivity contribution in [2.75, 3.05) is 18.0 Å². The third kappa shape index (κ3) is 4.40. The van der Waals surface area contributed by atoms with E-state index in [0.717, 1.165) is 37.2 Å². The maximum absolute atomic E-state index is 13.0. The Balaban J connectivity index is 0.00000259. The van der Waals surface area contributed by atoms with Crippen LogP contribution in [-0.4, -0.2) is 52.2 Å². The summed E-state index contributed by atoms with van der Waals surface area (Å²) in [6.07, 6.45) is 2.90. The molecule has 1 spiro atoms. The Morgan fingerprint density at radius 3 is 2.58 bits per heavy atom. The monoisotopic (exact) mass is 510 g/mol. The van der Waals surface area contributed by atoms with Crippen molar-refractivity contribution in [3.05, 3.63) is 79.8 Å². The van der Waals surface area contributed by atoms with Crippen LogP contribution in [-0.2, 0) is 6.42 Å². The van der Waals surface area contributed by atoms with Crippen LogP contribution in [0, 0.1) is 12.3 Å². The molecule has 1 aliphatic carbocycles. The van der Waals surface area contributed by atoms with Gasteiger partial charge < -0.3 is 10.6 Å². The van der Waals surface area contributed by atoms with Gasteiger partial charge in [-0.1, -0.05) is 35.3 Å². The van der Waals surface area contributed by atoms with Crippen molar-refractivity contribution in [1.29, 1.82) is 0 Å². The molecule has 3 aromatic rings. The number of rotatable bonds is 2. The molecule has 0 bridgehead atoms. The Kier molecular flexibility index (Phi) is 7.29. The number of thiol groups is 1. The predicted octanol–water partition coefficient (Wildman–Crippen LogP) is 4.33. The number of benzene rings is 2. The van der Waals surface area contributed by atoms with Crippen LogP contribution >= 0.6 is 35.8 Å². The summed E-state index contributed by atoms with van der Waals surface area (Å²) in [6, 6.07) is 13.1. The summed E-state index contributed by atoms with van der Waals surface area (Å²) >= 11 is 17.0. The minimum absolute atomic E-state index is 0. The summed E-state index contributed by atoms with van der Waals surface area (Å²) in [5, 5.41) is 0.743. The van der Waals surface area contributed by atoms with Crippen molar-refractivity contribution in [2.24, 2.45) is 11.1 Å². The summed E-state index contributed by atoms with van der Waals surface area (Å²) in [5.41, 5.74) is 9.69. The van der Waals surface area contributed by atoms with Gasteiger partial charge in [-0.2, -0.15) is 0 Å². The average Bonchev–Trinajstić information content (AvgIpc) is 3.02. The Morgan fingerprint density at radius 1 is 1.15 bits per heavy atom. The van der Waals surface area contributed by atoms with Crippen molar-refractivity contribution in [3.63, 3.8) is 0 Å². The normalized spacial score (nSPS) is 18.8. The van der Waals surface area contributed by atoms with Crippen molar-refractivity contribution in [1.82, 2.24) is 9.55 Å². The molecule has 5 nitrogen and oxygen atoms in total. The van der Waals surface area contributed by atoms with E-state index in [2.05, 4.69) is 29.7 Å². The van der Waals surface area contributed by atoms with Crippen LogP contribution in [0.2, 0.25) is 10.0 Å². The van der Waals surface area contributed by atoms with Crippen LogP contribution in [0.25, 0.3) is 5.69 Å². The molecule has 2 aliphatic rings. The molecule has 1 aliphatic heterocycles. The fraction of sp³-hybridized carbons (Fsp3) is 0.333. The number of nitrogens with two attached hydrogens (primary N) is 1. The van der Waals surface area contributed by atoms with Crippen LogP contribution in [0.1, 0.15) is 35.8 Å². The SMILES string of the molecule is Cc1nc(N2CCC3(CC2)Cc2ccc(S)cc2[C@H]3N)cc(=O)n1-c1cccc(Cl)c1Cl.[NaH]. The maximum atomic E-state index is 13.0. The number of hydrogen-bond donors (Lipinski definition) is 2. The van der Waals surface area contributed by atoms with E-state index in [1.54, 1.807) is 24.3 Å². The number of piperidine rings is 1. The number of fused-ring (bicyclic) bond motifs is 1. The Labute approximate surface area is 231 Å². The van der Waals surface area contributed by atoms with Gasteiger partial charge in [0, 0.05) is 30.1 Å². The number of aromatic nitrogens is 2. The van der Waals surface area contributed by atoms with Crippen molar-refractivity contribution >= 4 is 71.2 Å². The minimum atomic E-state index is -0.178. The predicted molar refractivity (Wildman–Crippen MR) is 140 cm³/mol. The molecule has 1 atom stereocenters. The zero-order valence-electron chi connectivity index (χ0n) is 17.7. The van der Waals surface area contributed by atoms with E-state index in [0.29, 0.717) is 27.4 Å². The number of nitrogens with zero attached hydrogens (tertiary/aromatic N) is 3. The average molecular weight is 511 g/mol. The van der Waals surface area contributed by atoms with E-state index in [1.807, 2.05) is 13.0 Å². The van der Waals surface area contributed by atoms with Crippen LogP contribution in [0.15, 0.2) is 52.2 Å². The molecule has 2 N–H and O–H groups in total. The Bertz CT molecular complexity index is 1270. The molecular formula is C24H25Cl2N4NaOS. The van der Waals surface area contributed by atoms with Crippen LogP contribution in [0.4, 0.5) is 5.82 Å². The molecule has 0 amide bonds. The fourth-order valence-electron chi connectivity index (χ4n) is 5.22. The molecular weight excluding hydrogens is 486 g/mol. The molecule has 0 saturated carbocycles. The van der Waals surface area contributed by atoms with Gasteiger partial charge in [0.05, 0.1) is 15.7 Å². The molecule has 33 heavy (non-hydrogen) atoms. The Hall–Kier alpha value is -0.990. The van der Waals surface area contributed by atoms with Crippen LogP contribution in [0.5, 0.6) is 0 Å². The first kappa shape index (κ1) is 25.1. The molecule has 0 radical (unpaired) electrons. The van der Waals surface area contributed by atoms with Gasteiger partial charge in [-0.05, 0) is 67.0 Å². The second-order valence-electron chi connectivity index (χ2n) is 8.80. The number of anilines is 1. The first-order chi connectivity index (χ1) is 15.3. The topological polar surface area (TPSA) is 64.2 Å². The van der Waals surface area contributed by atoms with Gasteiger partial charge in [0.25, 0.3) is 5.56 Å². The van der Waals surface area contributed by atoms with E-state index in [-0.39, 0.29) is 46.6 Å². The summed E-state index contributed by atoms with van der Waals surface area (Å²) in [5.74, 6) is 1.27. The van der Waals surface area contributed by atoms with Gasteiger partial charge in [-0.15, -0.1) is 12.6 Å². The standard InChI is InChI=1S/C24H24Cl2N4OS.Na.H/c1-14-28-20(12-21(31)30(14)19-4-2-3-18(25)22(19)26)29-9-7-24(8-10-29)13-15-5-6-16(32)11-17(15)23(24)27;;/h2-6,11-12,23,32H,7-10,13,27H2,1H3;;/t23-;;/m1../s1. The van der Waals surface area contributed by atoms with Gasteiger partial charge in [-0.25, -0.2) is 4.98 Å². The van der Waals surface area contributed by atoms with Gasteiger partial charge >= 0.3 is 29.6 Å². The van der Waals surface area contributed by atoms with E-state index < -0.39 is 0 Å². The number of halogens is 2. The second kappa shape index (κ2) is 9.57. The van der Waals surface area contributed by atoms with Crippen LogP contribution in [0.3, 0.4) is 0 Å². The molecule has 2 heterocycles. The molecule has 2 aromatic carbocycles. The molecule has 0 unspecified atom stereocenters. The zero-order valence-corrected chi connectivity index (χ0v) is 20.1. The summed E-state index contributed by atoms with van der Waals surface area (Å²) in [4.78, 5) is 20.9. The Morgan fingerprint density at radius 2 is 1.88 bits per heavy atom. The van der Waals surface area contributed by atoms with E-state index in [1.165, 1.54) is 15.7 Å². The quantitative estimate of drug-likeness (QED) is 0.397. The molecule has 1 aromatic heterocycles. The number of hydrogen-bond acceptors (Lipinski definition) is 5. The van der Waals surface area contributed by atoms with Gasteiger partial charge in [0.1, 0.15) is 11.6 Å². The number of aryl methyl sites for hydroxylation is 1. The van der Waals surface area contributed by atoms with E-state index >= 15 is 0 Å². The fourth-order valence-corrected chi connectivity index (χ4v) is 5.82. The molecule has 1 fully saturated rings. The molecule has 9 heteroatoms. The summed E-state index contributed by atoms with van der Waals surface area (Å²) in [6.45, 7) is 3.43. The molecule has 168 valence electrons. The van der Waals surface area contributed by atoms with Gasteiger partial charge in [0.2, 0.25) is 0 Å². The zero-order chi connectivity index (χ0) is 22.6.